The number of amides is 2. The third-order valence-electron chi connectivity index (χ3n) is 3.31. The summed E-state index contributed by atoms with van der Waals surface area (Å²) in [4.78, 5) is 35.4. The smallest absolute Gasteiger partial charge is 0.326 e. The van der Waals surface area contributed by atoms with Gasteiger partial charge in [0.05, 0.1) is 6.54 Å². The summed E-state index contributed by atoms with van der Waals surface area (Å²) in [6, 6.07) is -0.904. The highest BCUT2D eigenvalue weighted by Gasteiger charge is 2.23. The molecule has 0 saturated carbocycles. The normalized spacial score (nSPS) is 18.4. The number of carboxylic acid groups (broad SMARTS) is 1. The number of carbonyl (C=O) groups excluding carboxylic acids is 2. The van der Waals surface area contributed by atoms with Crippen LogP contribution in [0.25, 0.3) is 0 Å². The molecule has 1 aliphatic rings. The zero-order chi connectivity index (χ0) is 15.1. The molecule has 6 N–H and O–H groups in total. The zero-order valence-electron chi connectivity index (χ0n) is 11.4. The van der Waals surface area contributed by atoms with Gasteiger partial charge in [0.25, 0.3) is 0 Å². The number of hydrogen-bond acceptors (Lipinski definition) is 5. The van der Waals surface area contributed by atoms with Gasteiger partial charge < -0.3 is 21.9 Å². The molecule has 0 spiro atoms. The van der Waals surface area contributed by atoms with E-state index in [1.54, 1.807) is 0 Å². The van der Waals surface area contributed by atoms with Crippen molar-refractivity contribution < 1.29 is 19.5 Å². The first-order valence-corrected chi connectivity index (χ1v) is 6.67. The van der Waals surface area contributed by atoms with Gasteiger partial charge >= 0.3 is 5.97 Å². The highest BCUT2D eigenvalue weighted by atomic mass is 16.4. The number of carbonyl (C=O) groups is 3. The van der Waals surface area contributed by atoms with Gasteiger partial charge in [0.15, 0.2) is 0 Å². The summed E-state index contributed by atoms with van der Waals surface area (Å²) in [5.41, 5.74) is 10.7. The molecule has 1 atom stereocenters. The van der Waals surface area contributed by atoms with Gasteiger partial charge in [0.1, 0.15) is 6.04 Å². The van der Waals surface area contributed by atoms with Crippen molar-refractivity contribution in [3.05, 3.63) is 0 Å². The standard InChI is InChI=1S/C12H22N4O4/c13-8-3-5-16(6-4-8)7-11(18)15-9(12(19)20)1-2-10(14)17/h8-9H,1-7,13H2,(H2,14,17)(H,15,18)(H,19,20)/t9-/m1/s1. The molecule has 8 nitrogen and oxygen atoms in total. The van der Waals surface area contributed by atoms with Crippen LogP contribution in [0.5, 0.6) is 0 Å². The highest BCUT2D eigenvalue weighted by Crippen LogP contribution is 2.07. The molecule has 114 valence electrons. The summed E-state index contributed by atoms with van der Waals surface area (Å²) < 4.78 is 0. The Morgan fingerprint density at radius 1 is 1.30 bits per heavy atom. The minimum atomic E-state index is -1.17. The molecule has 1 aliphatic heterocycles. The number of nitrogens with two attached hydrogens (primary N) is 2. The third-order valence-corrected chi connectivity index (χ3v) is 3.31. The SMILES string of the molecule is NC(=O)CC[C@@H](NC(=O)CN1CCC(N)CC1)C(=O)O. The van der Waals surface area contributed by atoms with Crippen LogP contribution in [-0.2, 0) is 14.4 Å². The summed E-state index contributed by atoms with van der Waals surface area (Å²) in [5, 5.41) is 11.4. The van der Waals surface area contributed by atoms with Gasteiger partial charge in [-0.1, -0.05) is 0 Å². The van der Waals surface area contributed by atoms with E-state index in [1.165, 1.54) is 0 Å². The van der Waals surface area contributed by atoms with Crippen LogP contribution < -0.4 is 16.8 Å². The fraction of sp³-hybridized carbons (Fsp3) is 0.750. The van der Waals surface area contributed by atoms with Crippen molar-refractivity contribution in [3.8, 4) is 0 Å². The average molecular weight is 286 g/mol. The van der Waals surface area contributed by atoms with Crippen LogP contribution in [-0.4, -0.2) is 59.5 Å². The molecular weight excluding hydrogens is 264 g/mol. The van der Waals surface area contributed by atoms with Crippen LogP contribution in [0.1, 0.15) is 25.7 Å². The first kappa shape index (κ1) is 16.4. The molecule has 1 saturated heterocycles. The molecule has 0 aromatic rings. The Kier molecular flexibility index (Phi) is 6.40. The summed E-state index contributed by atoms with van der Waals surface area (Å²) in [6.07, 6.45) is 1.59. The second kappa shape index (κ2) is 7.81. The number of nitrogens with zero attached hydrogens (tertiary/aromatic N) is 1. The molecule has 1 fully saturated rings. The molecular formula is C12H22N4O4. The second-order valence-electron chi connectivity index (χ2n) is 5.08. The maximum Gasteiger partial charge on any atom is 0.326 e. The Bertz CT molecular complexity index is 366. The van der Waals surface area contributed by atoms with Crippen LogP contribution in [0.4, 0.5) is 0 Å². The number of nitrogens with one attached hydrogen (secondary N) is 1. The van der Waals surface area contributed by atoms with Crippen molar-refractivity contribution in [1.82, 2.24) is 10.2 Å². The lowest BCUT2D eigenvalue weighted by atomic mass is 10.1. The molecule has 1 rings (SSSR count). The second-order valence-corrected chi connectivity index (χ2v) is 5.08. The molecule has 0 aliphatic carbocycles. The zero-order valence-corrected chi connectivity index (χ0v) is 11.4. The Hall–Kier alpha value is -1.67. The number of piperidine rings is 1. The summed E-state index contributed by atoms with van der Waals surface area (Å²) in [6.45, 7) is 1.61. The highest BCUT2D eigenvalue weighted by molar-refractivity contribution is 5.85. The molecule has 2 amide bonds. The maximum atomic E-state index is 11.8. The van der Waals surface area contributed by atoms with E-state index in [1.807, 2.05) is 4.90 Å². The monoisotopic (exact) mass is 286 g/mol. The van der Waals surface area contributed by atoms with Gasteiger partial charge in [0, 0.05) is 25.6 Å². The lowest BCUT2D eigenvalue weighted by molar-refractivity contribution is -0.142. The van der Waals surface area contributed by atoms with E-state index in [2.05, 4.69) is 5.32 Å². The van der Waals surface area contributed by atoms with Crippen molar-refractivity contribution >= 4 is 17.8 Å². The maximum absolute atomic E-state index is 11.8. The van der Waals surface area contributed by atoms with Gasteiger partial charge in [-0.15, -0.1) is 0 Å². The average Bonchev–Trinajstić information content (AvgIpc) is 2.36. The van der Waals surface area contributed by atoms with E-state index in [9.17, 15) is 14.4 Å². The largest absolute Gasteiger partial charge is 0.480 e. The van der Waals surface area contributed by atoms with E-state index in [0.29, 0.717) is 0 Å². The van der Waals surface area contributed by atoms with E-state index in [4.69, 9.17) is 16.6 Å². The Morgan fingerprint density at radius 3 is 2.40 bits per heavy atom. The van der Waals surface area contributed by atoms with E-state index in [0.717, 1.165) is 25.9 Å². The number of rotatable bonds is 7. The molecule has 1 heterocycles. The Balaban J connectivity index is 2.37. The van der Waals surface area contributed by atoms with Gasteiger partial charge in [-0.25, -0.2) is 4.79 Å². The Morgan fingerprint density at radius 2 is 1.90 bits per heavy atom. The molecule has 0 radical (unpaired) electrons. The third kappa shape index (κ3) is 5.98. The van der Waals surface area contributed by atoms with Gasteiger partial charge in [-0.3, -0.25) is 14.5 Å². The number of hydrogen-bond donors (Lipinski definition) is 4. The predicted octanol–water partition coefficient (Wildman–Crippen LogP) is -1.76. The lowest BCUT2D eigenvalue weighted by Crippen LogP contribution is -2.48. The molecule has 0 unspecified atom stereocenters. The summed E-state index contributed by atoms with van der Waals surface area (Å²) in [5.74, 6) is -2.12. The van der Waals surface area contributed by atoms with Crippen molar-refractivity contribution in [2.24, 2.45) is 11.5 Å². The molecule has 8 heteroatoms. The summed E-state index contributed by atoms with van der Waals surface area (Å²) in [7, 11) is 0. The fourth-order valence-electron chi connectivity index (χ4n) is 2.10. The van der Waals surface area contributed by atoms with Crippen LogP contribution in [0.2, 0.25) is 0 Å². The number of likely N-dealkylation sites (tertiary alicyclic amines) is 1. The lowest BCUT2D eigenvalue weighted by Gasteiger charge is -2.29. The van der Waals surface area contributed by atoms with Crippen molar-refractivity contribution in [1.29, 1.82) is 0 Å². The van der Waals surface area contributed by atoms with Crippen LogP contribution in [0.15, 0.2) is 0 Å². The van der Waals surface area contributed by atoms with E-state index >= 15 is 0 Å². The predicted molar refractivity (Wildman–Crippen MR) is 71.6 cm³/mol. The minimum Gasteiger partial charge on any atom is -0.480 e. The van der Waals surface area contributed by atoms with E-state index in [-0.39, 0.29) is 31.3 Å². The van der Waals surface area contributed by atoms with Gasteiger partial charge in [-0.2, -0.15) is 0 Å². The Labute approximate surface area is 117 Å². The van der Waals surface area contributed by atoms with Crippen LogP contribution in [0, 0.1) is 0 Å². The van der Waals surface area contributed by atoms with Gasteiger partial charge in [0.2, 0.25) is 11.8 Å². The molecule has 20 heavy (non-hydrogen) atoms. The van der Waals surface area contributed by atoms with Crippen molar-refractivity contribution in [2.75, 3.05) is 19.6 Å². The fourth-order valence-corrected chi connectivity index (χ4v) is 2.10. The summed E-state index contributed by atoms with van der Waals surface area (Å²) >= 11 is 0. The first-order valence-electron chi connectivity index (χ1n) is 6.67. The van der Waals surface area contributed by atoms with E-state index < -0.39 is 17.9 Å². The topological polar surface area (TPSA) is 139 Å². The van der Waals surface area contributed by atoms with Crippen LogP contribution >= 0.6 is 0 Å². The molecule has 0 aromatic carbocycles. The quantitative estimate of drug-likeness (QED) is 0.437. The van der Waals surface area contributed by atoms with Gasteiger partial charge in [-0.05, 0) is 19.3 Å². The van der Waals surface area contributed by atoms with Crippen molar-refractivity contribution in [3.63, 3.8) is 0 Å². The minimum absolute atomic E-state index is 0.00127. The van der Waals surface area contributed by atoms with Crippen molar-refractivity contribution in [2.45, 2.75) is 37.8 Å². The van der Waals surface area contributed by atoms with Crippen LogP contribution in [0.3, 0.4) is 0 Å². The number of primary amides is 1. The number of aliphatic carboxylic acids is 1. The molecule has 0 bridgehead atoms. The molecule has 0 aromatic heterocycles. The number of carboxylic acids is 1. The first-order chi connectivity index (χ1) is 9.38.